The number of rotatable bonds is 8. The van der Waals surface area contributed by atoms with Crippen LogP contribution >= 0.6 is 15.9 Å². The molecular weight excluding hydrogens is 563 g/mol. The van der Waals surface area contributed by atoms with Gasteiger partial charge in [-0.25, -0.2) is 9.59 Å². The molecule has 1 aromatic heterocycles. The second-order valence-electron chi connectivity index (χ2n) is 8.26. The van der Waals surface area contributed by atoms with Gasteiger partial charge >= 0.3 is 18.2 Å². The molecule has 0 atom stereocenters. The molecular formula is C24H27BrF3N3O6. The smallest absolute Gasteiger partial charge is 0.424 e. The van der Waals surface area contributed by atoms with Crippen LogP contribution in [-0.2, 0) is 38.3 Å². The summed E-state index contributed by atoms with van der Waals surface area (Å²) >= 11 is 3.05. The number of esters is 1. The summed E-state index contributed by atoms with van der Waals surface area (Å²) in [6, 6.07) is 6.57. The highest BCUT2D eigenvalue weighted by atomic mass is 79.9. The lowest BCUT2D eigenvalue weighted by Gasteiger charge is -2.30. The van der Waals surface area contributed by atoms with E-state index < -0.39 is 29.7 Å². The third-order valence-electron chi connectivity index (χ3n) is 5.93. The highest BCUT2D eigenvalue weighted by Gasteiger charge is 2.41. The van der Waals surface area contributed by atoms with E-state index in [1.807, 2.05) is 0 Å². The van der Waals surface area contributed by atoms with Gasteiger partial charge in [0.2, 0.25) is 5.88 Å². The van der Waals surface area contributed by atoms with E-state index in [1.165, 1.54) is 32.3 Å². The van der Waals surface area contributed by atoms with Crippen LogP contribution in [0.4, 0.5) is 18.0 Å². The van der Waals surface area contributed by atoms with Gasteiger partial charge in [-0.3, -0.25) is 4.68 Å². The number of piperidine rings is 1. The van der Waals surface area contributed by atoms with E-state index in [9.17, 15) is 22.8 Å². The third-order valence-corrected chi connectivity index (χ3v) is 6.74. The quantitative estimate of drug-likeness (QED) is 0.246. The SMILES string of the molecule is CO/C=C(/C(=O)OC)c1ccccc1COc1nn(CC2CCN(C(=O)OC)CC2)c(Br)c1C(F)(F)F. The van der Waals surface area contributed by atoms with Crippen molar-refractivity contribution in [3.8, 4) is 5.88 Å². The zero-order valence-electron chi connectivity index (χ0n) is 20.5. The minimum atomic E-state index is -4.73. The fourth-order valence-electron chi connectivity index (χ4n) is 4.06. The molecule has 1 amide bonds. The molecule has 0 N–H and O–H groups in total. The predicted octanol–water partition coefficient (Wildman–Crippen LogP) is 4.88. The van der Waals surface area contributed by atoms with Crippen molar-refractivity contribution in [3.63, 3.8) is 0 Å². The summed E-state index contributed by atoms with van der Waals surface area (Å²) in [5.74, 6) is -1.25. The highest BCUT2D eigenvalue weighted by Crippen LogP contribution is 2.42. The summed E-state index contributed by atoms with van der Waals surface area (Å²) in [5, 5.41) is 4.11. The van der Waals surface area contributed by atoms with E-state index in [0.717, 1.165) is 0 Å². The molecule has 202 valence electrons. The summed E-state index contributed by atoms with van der Waals surface area (Å²) in [5.41, 5.74) is -0.117. The van der Waals surface area contributed by atoms with Crippen molar-refractivity contribution in [2.75, 3.05) is 34.4 Å². The zero-order chi connectivity index (χ0) is 27.2. The lowest BCUT2D eigenvalue weighted by Crippen LogP contribution is -2.39. The number of alkyl halides is 3. The van der Waals surface area contributed by atoms with Gasteiger partial charge in [0.05, 0.1) is 27.6 Å². The van der Waals surface area contributed by atoms with Crippen molar-refractivity contribution in [1.82, 2.24) is 14.7 Å². The Labute approximate surface area is 220 Å². The number of nitrogens with zero attached hydrogens (tertiary/aromatic N) is 3. The van der Waals surface area contributed by atoms with Gasteiger partial charge in [-0.15, -0.1) is 5.10 Å². The maximum Gasteiger partial charge on any atom is 0.424 e. The molecule has 1 aliphatic rings. The van der Waals surface area contributed by atoms with Crippen molar-refractivity contribution >= 4 is 33.6 Å². The number of halogens is 4. The molecule has 0 bridgehead atoms. The zero-order valence-corrected chi connectivity index (χ0v) is 22.1. The first-order valence-electron chi connectivity index (χ1n) is 11.3. The number of hydrogen-bond donors (Lipinski definition) is 0. The Morgan fingerprint density at radius 1 is 1.14 bits per heavy atom. The molecule has 37 heavy (non-hydrogen) atoms. The monoisotopic (exact) mass is 589 g/mol. The number of carbonyl (C=O) groups excluding carboxylic acids is 2. The van der Waals surface area contributed by atoms with E-state index in [2.05, 4.69) is 21.0 Å². The minimum absolute atomic E-state index is 0.00793. The fourth-order valence-corrected chi connectivity index (χ4v) is 4.68. The molecule has 0 radical (unpaired) electrons. The fraction of sp³-hybridized carbons (Fsp3) is 0.458. The highest BCUT2D eigenvalue weighted by molar-refractivity contribution is 9.10. The molecule has 0 saturated carbocycles. The molecule has 1 saturated heterocycles. The van der Waals surface area contributed by atoms with Crippen molar-refractivity contribution in [3.05, 3.63) is 51.8 Å². The topological polar surface area (TPSA) is 92.1 Å². The Bertz CT molecular complexity index is 1140. The Morgan fingerprint density at radius 3 is 2.41 bits per heavy atom. The van der Waals surface area contributed by atoms with Crippen LogP contribution < -0.4 is 4.74 Å². The third kappa shape index (κ3) is 6.76. The Morgan fingerprint density at radius 2 is 1.81 bits per heavy atom. The van der Waals surface area contributed by atoms with Crippen LogP contribution in [0.5, 0.6) is 5.88 Å². The number of ether oxygens (including phenoxy) is 4. The maximum absolute atomic E-state index is 14.0. The maximum atomic E-state index is 14.0. The lowest BCUT2D eigenvalue weighted by atomic mass is 9.97. The number of amides is 1. The molecule has 1 fully saturated rings. The van der Waals surface area contributed by atoms with Crippen LogP contribution in [0.15, 0.2) is 35.1 Å². The van der Waals surface area contributed by atoms with E-state index in [4.69, 9.17) is 18.9 Å². The van der Waals surface area contributed by atoms with Gasteiger partial charge in [0.1, 0.15) is 16.8 Å². The van der Waals surface area contributed by atoms with Gasteiger partial charge in [-0.1, -0.05) is 24.3 Å². The number of carbonyl (C=O) groups is 2. The molecule has 9 nitrogen and oxygen atoms in total. The van der Waals surface area contributed by atoms with Crippen LogP contribution in [0, 0.1) is 5.92 Å². The second-order valence-corrected chi connectivity index (χ2v) is 9.01. The molecule has 2 heterocycles. The van der Waals surface area contributed by atoms with Gasteiger partial charge in [-0.2, -0.15) is 13.2 Å². The number of benzene rings is 1. The van der Waals surface area contributed by atoms with E-state index in [1.54, 1.807) is 29.2 Å². The van der Waals surface area contributed by atoms with Crippen LogP contribution in [0.2, 0.25) is 0 Å². The van der Waals surface area contributed by atoms with E-state index in [-0.39, 0.29) is 29.2 Å². The molecule has 0 unspecified atom stereocenters. The molecule has 13 heteroatoms. The molecule has 0 aliphatic carbocycles. The largest absolute Gasteiger partial charge is 0.503 e. The average Bonchev–Trinajstić information content (AvgIpc) is 3.20. The lowest BCUT2D eigenvalue weighted by molar-refractivity contribution is -0.139. The Balaban J connectivity index is 1.83. The number of methoxy groups -OCH3 is 3. The molecule has 0 spiro atoms. The minimum Gasteiger partial charge on any atom is -0.503 e. The van der Waals surface area contributed by atoms with Gasteiger partial charge < -0.3 is 23.8 Å². The van der Waals surface area contributed by atoms with Gasteiger partial charge in [0.15, 0.2) is 5.56 Å². The van der Waals surface area contributed by atoms with E-state index in [0.29, 0.717) is 37.1 Å². The number of hydrogen-bond acceptors (Lipinski definition) is 7. The van der Waals surface area contributed by atoms with E-state index >= 15 is 0 Å². The number of likely N-dealkylation sites (tertiary alicyclic amines) is 1. The summed E-state index contributed by atoms with van der Waals surface area (Å²) in [6.07, 6.45) is -2.77. The molecule has 1 aliphatic heterocycles. The van der Waals surface area contributed by atoms with Crippen molar-refractivity contribution in [2.45, 2.75) is 32.2 Å². The summed E-state index contributed by atoms with van der Waals surface area (Å²) < 4.78 is 62.9. The van der Waals surface area contributed by atoms with Crippen LogP contribution in [-0.4, -0.2) is 61.2 Å². The summed E-state index contributed by atoms with van der Waals surface area (Å²) in [6.45, 7) is 0.806. The first-order chi connectivity index (χ1) is 17.6. The average molecular weight is 590 g/mol. The van der Waals surface area contributed by atoms with Gasteiger partial charge in [0, 0.05) is 19.6 Å². The normalized spacial score (nSPS) is 14.9. The van der Waals surface area contributed by atoms with Crippen LogP contribution in [0.25, 0.3) is 5.57 Å². The Kier molecular flexibility index (Phi) is 9.46. The van der Waals surface area contributed by atoms with Gasteiger partial charge in [-0.05, 0) is 45.8 Å². The molecule has 1 aromatic carbocycles. The summed E-state index contributed by atoms with van der Waals surface area (Å²) in [4.78, 5) is 25.5. The van der Waals surface area contributed by atoms with Crippen molar-refractivity contribution in [2.24, 2.45) is 5.92 Å². The first kappa shape index (κ1) is 28.4. The Hall–Kier alpha value is -3.22. The standard InChI is InChI=1S/C24H27BrF3N3O6/c1-34-14-18(22(32)35-2)17-7-5-4-6-16(17)13-37-21-19(24(26,27)28)20(25)31(29-21)12-15-8-10-30(11-9-15)23(33)36-3/h4-7,14-15H,8-13H2,1-3H3/b18-14+. The van der Waals surface area contributed by atoms with Crippen molar-refractivity contribution in [1.29, 1.82) is 0 Å². The van der Waals surface area contributed by atoms with Crippen LogP contribution in [0.3, 0.4) is 0 Å². The van der Waals surface area contributed by atoms with Gasteiger partial charge in [0.25, 0.3) is 0 Å². The molecule has 3 rings (SSSR count). The molecule has 2 aromatic rings. The second kappa shape index (κ2) is 12.3. The summed E-state index contributed by atoms with van der Waals surface area (Å²) in [7, 11) is 3.88. The van der Waals surface area contributed by atoms with Crippen LogP contribution in [0.1, 0.15) is 29.5 Å². The first-order valence-corrected chi connectivity index (χ1v) is 12.1. The predicted molar refractivity (Wildman–Crippen MR) is 129 cm³/mol. The number of aromatic nitrogens is 2. The van der Waals surface area contributed by atoms with Crippen molar-refractivity contribution < 1.29 is 41.7 Å².